The molecule has 0 radical (unpaired) electrons. The van der Waals surface area contributed by atoms with Crippen molar-refractivity contribution in [3.05, 3.63) is 63.9 Å². The molecule has 1 aliphatic heterocycles. The Morgan fingerprint density at radius 1 is 1.22 bits per heavy atom. The number of benzene rings is 1. The van der Waals surface area contributed by atoms with E-state index in [2.05, 4.69) is 43.9 Å². The molecule has 7 heteroatoms. The molecule has 0 spiro atoms. The topological polar surface area (TPSA) is 81.4 Å². The van der Waals surface area contributed by atoms with E-state index in [9.17, 15) is 10.1 Å². The molecule has 1 aromatic carbocycles. The molecule has 2 heterocycles. The molecule has 1 atom stereocenters. The van der Waals surface area contributed by atoms with E-state index < -0.39 is 0 Å². The predicted octanol–water partition coefficient (Wildman–Crippen LogP) is 5.28. The summed E-state index contributed by atoms with van der Waals surface area (Å²) in [5.41, 5.74) is 3.82. The Morgan fingerprint density at radius 2 is 2.00 bits per heavy atom. The van der Waals surface area contributed by atoms with Gasteiger partial charge in [0, 0.05) is 36.7 Å². The highest BCUT2D eigenvalue weighted by atomic mass is 16.6. The van der Waals surface area contributed by atoms with E-state index in [4.69, 9.17) is 14.7 Å². The van der Waals surface area contributed by atoms with Crippen LogP contribution >= 0.6 is 0 Å². The zero-order chi connectivity index (χ0) is 22.7. The van der Waals surface area contributed by atoms with Crippen molar-refractivity contribution < 1.29 is 9.66 Å². The lowest BCUT2D eigenvalue weighted by Gasteiger charge is -2.36. The van der Waals surface area contributed by atoms with Gasteiger partial charge in [-0.2, -0.15) is 0 Å². The van der Waals surface area contributed by atoms with E-state index in [1.165, 1.54) is 11.6 Å². The minimum atomic E-state index is -0.380. The van der Waals surface area contributed by atoms with Crippen LogP contribution in [-0.2, 0) is 4.74 Å². The second-order valence-corrected chi connectivity index (χ2v) is 9.20. The van der Waals surface area contributed by atoms with E-state index in [0.717, 1.165) is 31.6 Å². The summed E-state index contributed by atoms with van der Waals surface area (Å²) in [4.78, 5) is 22.6. The molecule has 7 nitrogen and oxygen atoms in total. The van der Waals surface area contributed by atoms with Crippen LogP contribution in [0.4, 0.5) is 11.6 Å². The molecular formula is C25H30N4O3. The summed E-state index contributed by atoms with van der Waals surface area (Å²) in [5, 5.41) is 11.3. The third-order valence-corrected chi connectivity index (χ3v) is 6.43. The zero-order valence-electron chi connectivity index (χ0n) is 19.0. The molecule has 0 N–H and O–H groups in total. The molecule has 1 aromatic heterocycles. The average molecular weight is 435 g/mol. The number of allylic oxidation sites excluding steroid dienone is 3. The lowest BCUT2D eigenvalue weighted by Crippen LogP contribution is -2.37. The molecule has 0 bridgehead atoms. The fourth-order valence-electron chi connectivity index (χ4n) is 4.55. The van der Waals surface area contributed by atoms with Gasteiger partial charge in [0.25, 0.3) is 5.69 Å². The second-order valence-electron chi connectivity index (χ2n) is 9.20. The third-order valence-electron chi connectivity index (χ3n) is 6.43. The van der Waals surface area contributed by atoms with Crippen LogP contribution < -0.4 is 4.90 Å². The highest BCUT2D eigenvalue weighted by Crippen LogP contribution is 2.42. The van der Waals surface area contributed by atoms with Crippen LogP contribution in [0.2, 0.25) is 0 Å². The molecule has 4 rings (SSSR count). The van der Waals surface area contributed by atoms with Gasteiger partial charge in [0.05, 0.1) is 29.5 Å². The molecule has 168 valence electrons. The van der Waals surface area contributed by atoms with Gasteiger partial charge in [-0.05, 0) is 37.3 Å². The number of nitro benzene ring substituents is 1. The summed E-state index contributed by atoms with van der Waals surface area (Å²) >= 11 is 0. The Labute approximate surface area is 189 Å². The normalized spacial score (nSPS) is 20.9. The van der Waals surface area contributed by atoms with Gasteiger partial charge >= 0.3 is 0 Å². The van der Waals surface area contributed by atoms with E-state index in [1.807, 2.05) is 12.1 Å². The van der Waals surface area contributed by atoms with Crippen LogP contribution in [0.3, 0.4) is 0 Å². The van der Waals surface area contributed by atoms with E-state index in [0.29, 0.717) is 36.3 Å². The van der Waals surface area contributed by atoms with Gasteiger partial charge in [-0.3, -0.25) is 10.1 Å². The monoisotopic (exact) mass is 434 g/mol. The van der Waals surface area contributed by atoms with Gasteiger partial charge in [-0.1, -0.05) is 43.7 Å². The Kier molecular flexibility index (Phi) is 6.37. The fourth-order valence-corrected chi connectivity index (χ4v) is 4.55. The molecular weight excluding hydrogens is 404 g/mol. The third kappa shape index (κ3) is 4.88. The number of nitrogens with zero attached hydrogens (tertiary/aromatic N) is 4. The van der Waals surface area contributed by atoms with Crippen LogP contribution in [-0.4, -0.2) is 41.2 Å². The SMILES string of the molecule is CC1=CCCC(C)(C)C1/C=C/c1cc(-c2cccc([N+](=O)[O-])c2)nc(N2CCOCC2)n1. The van der Waals surface area contributed by atoms with Crippen molar-refractivity contribution in [2.45, 2.75) is 33.6 Å². The smallest absolute Gasteiger partial charge is 0.270 e. The van der Waals surface area contributed by atoms with Crippen LogP contribution in [0.25, 0.3) is 17.3 Å². The molecule has 0 amide bonds. The van der Waals surface area contributed by atoms with Gasteiger partial charge in [-0.15, -0.1) is 0 Å². The summed E-state index contributed by atoms with van der Waals surface area (Å²) in [6, 6.07) is 8.51. The van der Waals surface area contributed by atoms with E-state index >= 15 is 0 Å². The minimum Gasteiger partial charge on any atom is -0.378 e. The molecule has 32 heavy (non-hydrogen) atoms. The van der Waals surface area contributed by atoms with Crippen molar-refractivity contribution in [2.75, 3.05) is 31.2 Å². The predicted molar refractivity (Wildman–Crippen MR) is 126 cm³/mol. The van der Waals surface area contributed by atoms with Crippen molar-refractivity contribution >= 4 is 17.7 Å². The largest absolute Gasteiger partial charge is 0.378 e. The van der Waals surface area contributed by atoms with Crippen molar-refractivity contribution in [3.63, 3.8) is 0 Å². The van der Waals surface area contributed by atoms with Crippen molar-refractivity contribution in [3.8, 4) is 11.3 Å². The Bertz CT molecular complexity index is 1050. The van der Waals surface area contributed by atoms with Gasteiger partial charge in [0.15, 0.2) is 0 Å². The van der Waals surface area contributed by atoms with Crippen molar-refractivity contribution in [1.29, 1.82) is 0 Å². The zero-order valence-corrected chi connectivity index (χ0v) is 19.0. The number of rotatable bonds is 5. The number of non-ortho nitro benzene ring substituents is 1. The first-order valence-electron chi connectivity index (χ1n) is 11.1. The number of ether oxygens (including phenoxy) is 1. The first kappa shape index (κ1) is 22.1. The first-order chi connectivity index (χ1) is 15.3. The number of aromatic nitrogens is 2. The average Bonchev–Trinajstić information content (AvgIpc) is 2.79. The standard InChI is InChI=1S/C25H30N4O3/c1-18-6-5-11-25(2,3)22(18)10-9-20-17-23(19-7-4-8-21(16-19)29(30)31)27-24(26-20)28-12-14-32-15-13-28/h4,6-10,16-17,22H,5,11-15H2,1-3H3/b10-9+. The first-order valence-corrected chi connectivity index (χ1v) is 11.1. The van der Waals surface area contributed by atoms with Crippen molar-refractivity contribution in [1.82, 2.24) is 9.97 Å². The van der Waals surface area contributed by atoms with Gasteiger partial charge < -0.3 is 9.64 Å². The molecule has 2 aromatic rings. The number of morpholine rings is 1. The number of hydrogen-bond donors (Lipinski definition) is 0. The minimum absolute atomic E-state index is 0.0517. The summed E-state index contributed by atoms with van der Waals surface area (Å²) in [6.45, 7) is 9.53. The molecule has 1 aliphatic carbocycles. The molecule has 1 saturated heterocycles. The number of nitro groups is 1. The van der Waals surface area contributed by atoms with Gasteiger partial charge in [0.2, 0.25) is 5.95 Å². The number of anilines is 1. The van der Waals surface area contributed by atoms with Crippen LogP contribution in [0.15, 0.2) is 48.1 Å². The fraction of sp³-hybridized carbons (Fsp3) is 0.440. The van der Waals surface area contributed by atoms with Crippen LogP contribution in [0, 0.1) is 21.4 Å². The maximum atomic E-state index is 11.3. The van der Waals surface area contributed by atoms with Crippen molar-refractivity contribution in [2.24, 2.45) is 11.3 Å². The highest BCUT2D eigenvalue weighted by Gasteiger charge is 2.30. The summed E-state index contributed by atoms with van der Waals surface area (Å²) in [5.74, 6) is 0.978. The van der Waals surface area contributed by atoms with Gasteiger partial charge in [0.1, 0.15) is 0 Å². The maximum absolute atomic E-state index is 11.3. The second kappa shape index (κ2) is 9.20. The summed E-state index contributed by atoms with van der Waals surface area (Å²) in [7, 11) is 0. The van der Waals surface area contributed by atoms with Crippen LogP contribution in [0.1, 0.15) is 39.3 Å². The van der Waals surface area contributed by atoms with E-state index in [1.54, 1.807) is 12.1 Å². The summed E-state index contributed by atoms with van der Waals surface area (Å²) < 4.78 is 5.48. The lowest BCUT2D eigenvalue weighted by molar-refractivity contribution is -0.384. The maximum Gasteiger partial charge on any atom is 0.270 e. The van der Waals surface area contributed by atoms with E-state index in [-0.39, 0.29) is 16.0 Å². The molecule has 0 saturated carbocycles. The summed E-state index contributed by atoms with van der Waals surface area (Å²) in [6.07, 6.45) is 8.92. The number of hydrogen-bond acceptors (Lipinski definition) is 6. The van der Waals surface area contributed by atoms with Gasteiger partial charge in [-0.25, -0.2) is 9.97 Å². The Hall–Kier alpha value is -3.06. The Balaban J connectivity index is 1.74. The highest BCUT2D eigenvalue weighted by molar-refractivity contribution is 5.66. The quantitative estimate of drug-likeness (QED) is 0.362. The molecule has 2 aliphatic rings. The lowest BCUT2D eigenvalue weighted by atomic mass is 9.68. The molecule has 1 unspecified atom stereocenters. The Morgan fingerprint density at radius 3 is 2.72 bits per heavy atom. The molecule has 1 fully saturated rings. The van der Waals surface area contributed by atoms with Crippen LogP contribution in [0.5, 0.6) is 0 Å².